The summed E-state index contributed by atoms with van der Waals surface area (Å²) >= 11 is 1.41. The molecule has 1 heterocycles. The van der Waals surface area contributed by atoms with Gasteiger partial charge in [-0.3, -0.25) is 3.97 Å². The fourth-order valence-corrected chi connectivity index (χ4v) is 1.34. The summed E-state index contributed by atoms with van der Waals surface area (Å²) in [4.78, 5) is 14.2. The standard InChI is InChI=1S/C6H8N2O2S/c1-2-11-8-4-7-3-5(8)6(9)10/h3-4H,2H2,1H3,(H,9,10). The van der Waals surface area contributed by atoms with Crippen molar-refractivity contribution in [1.82, 2.24) is 8.96 Å². The molecule has 0 amide bonds. The van der Waals surface area contributed by atoms with E-state index in [-0.39, 0.29) is 5.69 Å². The van der Waals surface area contributed by atoms with Crippen LogP contribution in [0.2, 0.25) is 0 Å². The van der Waals surface area contributed by atoms with Crippen LogP contribution < -0.4 is 0 Å². The highest BCUT2D eigenvalue weighted by Gasteiger charge is 2.08. The van der Waals surface area contributed by atoms with Crippen LogP contribution in [0.4, 0.5) is 0 Å². The minimum Gasteiger partial charge on any atom is -0.476 e. The van der Waals surface area contributed by atoms with Crippen LogP contribution in [0.5, 0.6) is 0 Å². The van der Waals surface area contributed by atoms with Crippen LogP contribution in [-0.4, -0.2) is 25.8 Å². The van der Waals surface area contributed by atoms with Gasteiger partial charge in [-0.1, -0.05) is 6.92 Å². The maximum atomic E-state index is 10.5. The molecule has 0 saturated heterocycles. The van der Waals surface area contributed by atoms with Crippen molar-refractivity contribution in [1.29, 1.82) is 0 Å². The quantitative estimate of drug-likeness (QED) is 0.741. The molecule has 0 spiro atoms. The van der Waals surface area contributed by atoms with Crippen LogP contribution in [0.3, 0.4) is 0 Å². The van der Waals surface area contributed by atoms with Gasteiger partial charge in [-0.2, -0.15) is 0 Å². The summed E-state index contributed by atoms with van der Waals surface area (Å²) < 4.78 is 1.54. The Balaban J connectivity index is 2.87. The average Bonchev–Trinajstić information content (AvgIpc) is 2.36. The third kappa shape index (κ3) is 1.74. The first-order valence-electron chi connectivity index (χ1n) is 3.14. The predicted molar refractivity (Wildman–Crippen MR) is 42.7 cm³/mol. The Labute approximate surface area is 68.4 Å². The van der Waals surface area contributed by atoms with Gasteiger partial charge in [0.15, 0.2) is 5.69 Å². The highest BCUT2D eigenvalue weighted by Crippen LogP contribution is 2.09. The lowest BCUT2D eigenvalue weighted by molar-refractivity contribution is 0.0690. The van der Waals surface area contributed by atoms with Gasteiger partial charge in [0, 0.05) is 5.75 Å². The van der Waals surface area contributed by atoms with Crippen molar-refractivity contribution in [3.05, 3.63) is 18.2 Å². The topological polar surface area (TPSA) is 55.1 Å². The molecule has 1 aromatic rings. The number of nitrogens with zero attached hydrogens (tertiary/aromatic N) is 2. The van der Waals surface area contributed by atoms with Crippen molar-refractivity contribution in [3.8, 4) is 0 Å². The molecular formula is C6H8N2O2S. The van der Waals surface area contributed by atoms with Crippen LogP contribution in [-0.2, 0) is 0 Å². The maximum absolute atomic E-state index is 10.5. The molecule has 5 heteroatoms. The molecule has 0 radical (unpaired) electrons. The molecule has 0 aromatic carbocycles. The Kier molecular flexibility index (Phi) is 2.53. The van der Waals surface area contributed by atoms with Gasteiger partial charge in [-0.05, 0) is 11.9 Å². The first-order chi connectivity index (χ1) is 5.25. The van der Waals surface area contributed by atoms with E-state index in [1.165, 1.54) is 24.5 Å². The molecular weight excluding hydrogens is 164 g/mol. The highest BCUT2D eigenvalue weighted by molar-refractivity contribution is 7.97. The Morgan fingerprint density at radius 2 is 2.64 bits per heavy atom. The van der Waals surface area contributed by atoms with Gasteiger partial charge in [0.05, 0.1) is 6.20 Å². The van der Waals surface area contributed by atoms with E-state index in [1.54, 1.807) is 3.97 Å². The van der Waals surface area contributed by atoms with Gasteiger partial charge < -0.3 is 5.11 Å². The molecule has 0 atom stereocenters. The van der Waals surface area contributed by atoms with Crippen molar-refractivity contribution in [2.24, 2.45) is 0 Å². The molecule has 11 heavy (non-hydrogen) atoms. The smallest absolute Gasteiger partial charge is 0.355 e. The Hall–Kier alpha value is -0.970. The Bertz CT molecular complexity index is 259. The van der Waals surface area contributed by atoms with Crippen LogP contribution in [0, 0.1) is 0 Å². The SMILES string of the molecule is CCSn1cncc1C(=O)O. The summed E-state index contributed by atoms with van der Waals surface area (Å²) in [6, 6.07) is 0. The van der Waals surface area contributed by atoms with Crippen LogP contribution in [0.1, 0.15) is 17.4 Å². The second kappa shape index (κ2) is 3.43. The van der Waals surface area contributed by atoms with Gasteiger partial charge in [0.25, 0.3) is 0 Å². The molecule has 1 rings (SSSR count). The Morgan fingerprint density at radius 1 is 1.91 bits per heavy atom. The molecule has 0 saturated carbocycles. The number of carboxylic acid groups (broad SMARTS) is 1. The molecule has 1 aromatic heterocycles. The molecule has 0 bridgehead atoms. The second-order valence-electron chi connectivity index (χ2n) is 1.83. The zero-order valence-corrected chi connectivity index (χ0v) is 6.84. The van der Waals surface area contributed by atoms with E-state index < -0.39 is 5.97 Å². The normalized spacial score (nSPS) is 9.91. The van der Waals surface area contributed by atoms with Gasteiger partial charge >= 0.3 is 5.97 Å². The number of aromatic nitrogens is 2. The monoisotopic (exact) mass is 172 g/mol. The summed E-state index contributed by atoms with van der Waals surface area (Å²) in [6.07, 6.45) is 2.84. The third-order valence-electron chi connectivity index (χ3n) is 1.09. The van der Waals surface area contributed by atoms with E-state index in [9.17, 15) is 4.79 Å². The molecule has 0 unspecified atom stereocenters. The van der Waals surface area contributed by atoms with Crippen molar-refractivity contribution in [2.45, 2.75) is 6.92 Å². The second-order valence-corrected chi connectivity index (χ2v) is 3.06. The zero-order valence-electron chi connectivity index (χ0n) is 6.02. The Morgan fingerprint density at radius 3 is 3.18 bits per heavy atom. The molecule has 0 fully saturated rings. The molecule has 4 nitrogen and oxygen atoms in total. The molecule has 0 aliphatic carbocycles. The summed E-state index contributed by atoms with van der Waals surface area (Å²) in [5.74, 6) is -0.111. The van der Waals surface area contributed by atoms with E-state index in [0.29, 0.717) is 0 Å². The largest absolute Gasteiger partial charge is 0.476 e. The van der Waals surface area contributed by atoms with Crippen molar-refractivity contribution in [3.63, 3.8) is 0 Å². The van der Waals surface area contributed by atoms with E-state index in [4.69, 9.17) is 5.11 Å². The highest BCUT2D eigenvalue weighted by atomic mass is 32.2. The van der Waals surface area contributed by atoms with Crippen molar-refractivity contribution in [2.75, 3.05) is 5.75 Å². The minimum absolute atomic E-state index is 0.219. The average molecular weight is 172 g/mol. The van der Waals surface area contributed by atoms with E-state index >= 15 is 0 Å². The van der Waals surface area contributed by atoms with Gasteiger partial charge in [-0.25, -0.2) is 9.78 Å². The number of rotatable bonds is 3. The number of aromatic carboxylic acids is 1. The fraction of sp³-hybridized carbons (Fsp3) is 0.333. The van der Waals surface area contributed by atoms with Crippen LogP contribution in [0.25, 0.3) is 0 Å². The van der Waals surface area contributed by atoms with Gasteiger partial charge in [-0.15, -0.1) is 0 Å². The number of hydrogen-bond acceptors (Lipinski definition) is 3. The number of hydrogen-bond donors (Lipinski definition) is 1. The van der Waals surface area contributed by atoms with Gasteiger partial charge in [0.2, 0.25) is 0 Å². The molecule has 0 aliphatic heterocycles. The maximum Gasteiger partial charge on any atom is 0.355 e. The van der Waals surface area contributed by atoms with E-state index in [0.717, 1.165) is 5.75 Å². The van der Waals surface area contributed by atoms with Crippen LogP contribution in [0.15, 0.2) is 12.5 Å². The van der Waals surface area contributed by atoms with Gasteiger partial charge in [0.1, 0.15) is 6.33 Å². The number of carboxylic acids is 1. The summed E-state index contributed by atoms with van der Waals surface area (Å²) in [6.45, 7) is 1.95. The van der Waals surface area contributed by atoms with Crippen molar-refractivity contribution >= 4 is 17.9 Å². The number of carbonyl (C=O) groups is 1. The first-order valence-corrected chi connectivity index (χ1v) is 4.09. The summed E-state index contributed by atoms with van der Waals surface area (Å²) in [5.41, 5.74) is 0.219. The van der Waals surface area contributed by atoms with E-state index in [2.05, 4.69) is 4.98 Å². The van der Waals surface area contributed by atoms with E-state index in [1.807, 2.05) is 6.92 Å². The minimum atomic E-state index is -0.941. The molecule has 0 aliphatic rings. The molecule has 60 valence electrons. The predicted octanol–water partition coefficient (Wildman–Crippen LogP) is 1.10. The fourth-order valence-electron chi connectivity index (χ4n) is 0.675. The zero-order chi connectivity index (χ0) is 8.27. The lowest BCUT2D eigenvalue weighted by Crippen LogP contribution is -2.02. The lowest BCUT2D eigenvalue weighted by atomic mass is 10.5. The molecule has 1 N–H and O–H groups in total. The van der Waals surface area contributed by atoms with Crippen molar-refractivity contribution < 1.29 is 9.90 Å². The number of imidazole rings is 1. The first kappa shape index (κ1) is 8.13. The summed E-state index contributed by atoms with van der Waals surface area (Å²) in [7, 11) is 0. The summed E-state index contributed by atoms with van der Waals surface area (Å²) in [5, 5.41) is 8.61. The van der Waals surface area contributed by atoms with Crippen LogP contribution >= 0.6 is 11.9 Å². The third-order valence-corrected chi connectivity index (χ3v) is 1.92. The lowest BCUT2D eigenvalue weighted by Gasteiger charge is -1.99.